The molecular weight excluding hydrogens is 274 g/mol. The van der Waals surface area contributed by atoms with Gasteiger partial charge in [0.25, 0.3) is 0 Å². The van der Waals surface area contributed by atoms with Crippen LogP contribution in [-0.2, 0) is 19.1 Å². The Labute approximate surface area is 115 Å². The average Bonchev–Trinajstić information content (AvgIpc) is 2.23. The molecule has 0 saturated carbocycles. The summed E-state index contributed by atoms with van der Waals surface area (Å²) in [6.45, 7) is 0.0911. The highest BCUT2D eigenvalue weighted by atomic mass is 16.6. The molecule has 0 saturated heterocycles. The summed E-state index contributed by atoms with van der Waals surface area (Å²) in [5, 5.41) is 39.0. The number of carboxylic acids is 2. The van der Waals surface area contributed by atoms with E-state index >= 15 is 0 Å². The van der Waals surface area contributed by atoms with E-state index in [-0.39, 0.29) is 11.0 Å². The van der Waals surface area contributed by atoms with Gasteiger partial charge in [-0.25, -0.2) is 4.79 Å². The molecule has 2 unspecified atom stereocenters. The second-order valence-corrected chi connectivity index (χ2v) is 5.32. The monoisotopic (exact) mass is 292 g/mol. The van der Waals surface area contributed by atoms with Gasteiger partial charge in [0, 0.05) is 12.4 Å². The van der Waals surface area contributed by atoms with Crippen molar-refractivity contribution in [3.63, 3.8) is 0 Å². The first-order chi connectivity index (χ1) is 8.94. The summed E-state index contributed by atoms with van der Waals surface area (Å²) in [4.78, 5) is 32.3. The van der Waals surface area contributed by atoms with E-state index in [2.05, 4.69) is 0 Å². The highest BCUT2D eigenvalue weighted by molar-refractivity contribution is 5.83. The number of esters is 1. The molecule has 0 aliphatic carbocycles. The quantitative estimate of drug-likeness (QED) is 0.334. The number of aliphatic carboxylic acids is 2. The van der Waals surface area contributed by atoms with Crippen molar-refractivity contribution in [2.45, 2.75) is 24.7 Å². The van der Waals surface area contributed by atoms with E-state index < -0.39 is 42.6 Å². The average molecular weight is 292 g/mol. The van der Waals surface area contributed by atoms with Crippen LogP contribution in [0, 0.1) is 0 Å². The van der Waals surface area contributed by atoms with Crippen molar-refractivity contribution >= 4 is 17.9 Å². The van der Waals surface area contributed by atoms with E-state index in [1.165, 1.54) is 0 Å². The minimum atomic E-state index is -2.45. The molecule has 0 aromatic rings. The van der Waals surface area contributed by atoms with Crippen molar-refractivity contribution in [1.82, 2.24) is 0 Å². The number of carboxylic acid groups (broad SMARTS) is 2. The van der Waals surface area contributed by atoms with Crippen LogP contribution in [0.25, 0.3) is 0 Å². The van der Waals surface area contributed by atoms with Crippen LogP contribution in [0.5, 0.6) is 0 Å². The molecule has 0 heterocycles. The lowest BCUT2D eigenvalue weighted by Gasteiger charge is -2.30. The van der Waals surface area contributed by atoms with Gasteiger partial charge in [-0.15, -0.1) is 0 Å². The smallest absolute Gasteiger partial charge is 0.338 e. The van der Waals surface area contributed by atoms with E-state index in [4.69, 9.17) is 9.84 Å². The SMILES string of the molecule is C[N+](C)(C)C[C@H](CC(=O)[O-])OC(=O)C(O)C(O)C(=O)[O-]. The fourth-order valence-electron chi connectivity index (χ4n) is 1.43. The Balaban J connectivity index is 4.76. The van der Waals surface area contributed by atoms with Crippen LogP contribution in [0.1, 0.15) is 6.42 Å². The van der Waals surface area contributed by atoms with Crippen LogP contribution >= 0.6 is 0 Å². The van der Waals surface area contributed by atoms with E-state index in [9.17, 15) is 29.7 Å². The zero-order chi connectivity index (χ0) is 16.1. The van der Waals surface area contributed by atoms with Crippen molar-refractivity contribution in [3.05, 3.63) is 0 Å². The molecule has 0 aliphatic rings. The van der Waals surface area contributed by atoms with Crippen LogP contribution in [0.3, 0.4) is 0 Å². The van der Waals surface area contributed by atoms with Gasteiger partial charge >= 0.3 is 5.97 Å². The van der Waals surface area contributed by atoms with Crippen molar-refractivity contribution in [1.29, 1.82) is 0 Å². The minimum Gasteiger partial charge on any atom is -0.550 e. The van der Waals surface area contributed by atoms with Crippen molar-refractivity contribution in [2.75, 3.05) is 27.7 Å². The van der Waals surface area contributed by atoms with E-state index in [1.54, 1.807) is 21.1 Å². The van der Waals surface area contributed by atoms with Crippen molar-refractivity contribution in [2.24, 2.45) is 0 Å². The Morgan fingerprint density at radius 2 is 1.60 bits per heavy atom. The molecule has 0 spiro atoms. The second kappa shape index (κ2) is 7.17. The van der Waals surface area contributed by atoms with Crippen LogP contribution in [0.4, 0.5) is 0 Å². The maximum Gasteiger partial charge on any atom is 0.338 e. The molecule has 2 N–H and O–H groups in total. The van der Waals surface area contributed by atoms with E-state index in [1.807, 2.05) is 0 Å². The molecule has 0 bridgehead atoms. The van der Waals surface area contributed by atoms with Gasteiger partial charge in [-0.1, -0.05) is 0 Å². The number of nitrogens with zero attached hydrogens (tertiary/aromatic N) is 1. The fraction of sp³-hybridized carbons (Fsp3) is 0.727. The van der Waals surface area contributed by atoms with Crippen LogP contribution in [-0.4, -0.2) is 78.6 Å². The topological polar surface area (TPSA) is 147 Å². The number of quaternary nitrogens is 1. The lowest BCUT2D eigenvalue weighted by Crippen LogP contribution is -2.50. The largest absolute Gasteiger partial charge is 0.550 e. The number of aliphatic hydroxyl groups is 2. The zero-order valence-corrected chi connectivity index (χ0v) is 11.4. The van der Waals surface area contributed by atoms with Gasteiger partial charge in [-0.2, -0.15) is 0 Å². The number of rotatable bonds is 8. The number of likely N-dealkylation sites (N-methyl/N-ethyl adjacent to an activating group) is 1. The lowest BCUT2D eigenvalue weighted by atomic mass is 10.2. The first kappa shape index (κ1) is 18.3. The molecule has 9 nitrogen and oxygen atoms in total. The summed E-state index contributed by atoms with van der Waals surface area (Å²) < 4.78 is 4.95. The number of hydrogen-bond acceptors (Lipinski definition) is 8. The van der Waals surface area contributed by atoms with Crippen molar-refractivity contribution in [3.8, 4) is 0 Å². The number of ether oxygens (including phenoxy) is 1. The van der Waals surface area contributed by atoms with E-state index in [0.717, 1.165) is 0 Å². The zero-order valence-electron chi connectivity index (χ0n) is 11.4. The molecule has 0 rings (SSSR count). The van der Waals surface area contributed by atoms with Crippen LogP contribution in [0.15, 0.2) is 0 Å². The van der Waals surface area contributed by atoms with E-state index in [0.29, 0.717) is 0 Å². The summed E-state index contributed by atoms with van der Waals surface area (Å²) in [6.07, 6.45) is -6.54. The molecule has 20 heavy (non-hydrogen) atoms. The number of carbonyl (C=O) groups is 3. The standard InChI is InChI=1S/C11H19NO8/c1-12(2,3)5-6(4-7(13)14)20-11(19)9(16)8(15)10(17)18/h6,8-9,15-16H,4-5H2,1-3H3,(H-,13,14,17,18)/p-1/t6-,8?,9?/m0/s1. The minimum absolute atomic E-state index is 0.0911. The van der Waals surface area contributed by atoms with Crippen LogP contribution < -0.4 is 10.2 Å². The number of carbonyl (C=O) groups excluding carboxylic acids is 3. The van der Waals surface area contributed by atoms with Crippen LogP contribution in [0.2, 0.25) is 0 Å². The van der Waals surface area contributed by atoms with Gasteiger partial charge in [0.15, 0.2) is 12.2 Å². The number of hydrogen-bond donors (Lipinski definition) is 2. The molecule has 0 aromatic heterocycles. The second-order valence-electron chi connectivity index (χ2n) is 5.32. The summed E-state index contributed by atoms with van der Waals surface area (Å²) >= 11 is 0. The molecule has 116 valence electrons. The molecule has 9 heteroatoms. The maximum absolute atomic E-state index is 11.4. The van der Waals surface area contributed by atoms with Gasteiger partial charge < -0.3 is 39.2 Å². The molecule has 0 amide bonds. The third kappa shape index (κ3) is 7.02. The van der Waals surface area contributed by atoms with Gasteiger partial charge in [0.2, 0.25) is 0 Å². The normalized spacial score (nSPS) is 16.1. The molecule has 0 radical (unpaired) electrons. The molecular formula is C11H18NO8-. The molecule has 0 aromatic carbocycles. The summed E-state index contributed by atoms with van der Waals surface area (Å²) in [5.41, 5.74) is 0. The lowest BCUT2D eigenvalue weighted by molar-refractivity contribution is -0.873. The Morgan fingerprint density at radius 3 is 1.95 bits per heavy atom. The van der Waals surface area contributed by atoms with Gasteiger partial charge in [0.05, 0.1) is 27.1 Å². The summed E-state index contributed by atoms with van der Waals surface area (Å²) in [6, 6.07) is 0. The fourth-order valence-corrected chi connectivity index (χ4v) is 1.43. The van der Waals surface area contributed by atoms with Gasteiger partial charge in [-0.05, 0) is 0 Å². The summed E-state index contributed by atoms with van der Waals surface area (Å²) in [5.74, 6) is -4.95. The highest BCUT2D eigenvalue weighted by Gasteiger charge is 2.30. The van der Waals surface area contributed by atoms with Crippen molar-refractivity contribution < 1.29 is 44.0 Å². The van der Waals surface area contributed by atoms with Gasteiger partial charge in [0.1, 0.15) is 12.6 Å². The Kier molecular flexibility index (Phi) is 6.56. The summed E-state index contributed by atoms with van der Waals surface area (Å²) in [7, 11) is 5.13. The Bertz CT molecular complexity index is 375. The predicted molar refractivity (Wildman–Crippen MR) is 59.4 cm³/mol. The molecule has 0 aliphatic heterocycles. The first-order valence-corrected chi connectivity index (χ1v) is 5.72. The Hall–Kier alpha value is -1.71. The first-order valence-electron chi connectivity index (χ1n) is 5.72. The third-order valence-corrected chi connectivity index (χ3v) is 2.21. The molecule has 3 atom stereocenters. The Morgan fingerprint density at radius 1 is 1.10 bits per heavy atom. The highest BCUT2D eigenvalue weighted by Crippen LogP contribution is 2.07. The third-order valence-electron chi connectivity index (χ3n) is 2.21. The number of aliphatic hydroxyl groups excluding tert-OH is 2. The molecule has 0 fully saturated rings. The van der Waals surface area contributed by atoms with Gasteiger partial charge in [-0.3, -0.25) is 0 Å². The predicted octanol–water partition coefficient (Wildman–Crippen LogP) is -4.78. The maximum atomic E-state index is 11.4.